The third-order valence-corrected chi connectivity index (χ3v) is 4.84. The molecule has 0 saturated heterocycles. The summed E-state index contributed by atoms with van der Waals surface area (Å²) in [6.45, 7) is 8.34. The normalized spacial score (nSPS) is 11.3. The van der Waals surface area contributed by atoms with Crippen LogP contribution in [0.5, 0.6) is 0 Å². The molecule has 0 aliphatic heterocycles. The zero-order valence-corrected chi connectivity index (χ0v) is 16.6. The van der Waals surface area contributed by atoms with Crippen molar-refractivity contribution in [2.24, 2.45) is 0 Å². The second-order valence-corrected chi connectivity index (χ2v) is 7.93. The predicted octanol–water partition coefficient (Wildman–Crippen LogP) is 4.48. The Morgan fingerprint density at radius 1 is 1.07 bits per heavy atom. The van der Waals surface area contributed by atoms with Crippen LogP contribution in [-0.4, -0.2) is 10.9 Å². The van der Waals surface area contributed by atoms with E-state index in [1.54, 1.807) is 12.3 Å². The molecule has 3 rings (SSSR count). The van der Waals surface area contributed by atoms with Crippen molar-refractivity contribution in [2.75, 3.05) is 11.1 Å². The number of hydrogen-bond acceptors (Lipinski definition) is 3. The van der Waals surface area contributed by atoms with Crippen molar-refractivity contribution in [1.29, 1.82) is 0 Å². The molecule has 0 spiro atoms. The van der Waals surface area contributed by atoms with Gasteiger partial charge in [0.2, 0.25) is 0 Å². The van der Waals surface area contributed by atoms with Gasteiger partial charge < -0.3 is 16.0 Å². The van der Waals surface area contributed by atoms with Crippen LogP contribution in [0.4, 0.5) is 11.4 Å². The lowest BCUT2D eigenvalue weighted by atomic mass is 9.86. The van der Waals surface area contributed by atoms with E-state index >= 15 is 0 Å². The molecule has 1 aromatic heterocycles. The number of pyridine rings is 1. The molecule has 0 aliphatic carbocycles. The molecule has 3 aromatic rings. The summed E-state index contributed by atoms with van der Waals surface area (Å²) >= 11 is 0. The quantitative estimate of drug-likeness (QED) is 0.630. The fourth-order valence-electron chi connectivity index (χ4n) is 3.06. The summed E-state index contributed by atoms with van der Waals surface area (Å²) in [6.07, 6.45) is 1.62. The summed E-state index contributed by atoms with van der Waals surface area (Å²) in [5, 5.41) is 2.98. The van der Waals surface area contributed by atoms with Crippen LogP contribution < -0.4 is 16.6 Å². The van der Waals surface area contributed by atoms with Crippen molar-refractivity contribution >= 4 is 17.3 Å². The number of nitrogen functional groups attached to an aromatic ring is 1. The summed E-state index contributed by atoms with van der Waals surface area (Å²) in [5.41, 5.74) is 10.7. The average Bonchev–Trinajstić information content (AvgIpc) is 2.65. The second-order valence-electron chi connectivity index (χ2n) is 7.93. The zero-order chi connectivity index (χ0) is 20.5. The van der Waals surface area contributed by atoms with Crippen molar-refractivity contribution in [3.05, 3.63) is 81.8 Å². The van der Waals surface area contributed by atoms with E-state index in [1.165, 1.54) is 5.56 Å². The minimum Gasteiger partial charge on any atom is -0.394 e. The number of nitrogens with two attached hydrogens (primary N) is 1. The maximum Gasteiger partial charge on any atom is 0.271 e. The van der Waals surface area contributed by atoms with Crippen LogP contribution in [-0.2, 0) is 5.41 Å². The molecular weight excluding hydrogens is 350 g/mol. The monoisotopic (exact) mass is 375 g/mol. The van der Waals surface area contributed by atoms with Gasteiger partial charge >= 0.3 is 0 Å². The Kier molecular flexibility index (Phi) is 5.10. The van der Waals surface area contributed by atoms with E-state index in [0.717, 1.165) is 16.7 Å². The highest BCUT2D eigenvalue weighted by atomic mass is 16.1. The Morgan fingerprint density at radius 2 is 1.75 bits per heavy atom. The van der Waals surface area contributed by atoms with Gasteiger partial charge in [0.05, 0.1) is 5.69 Å². The first-order valence-corrected chi connectivity index (χ1v) is 9.17. The minimum absolute atomic E-state index is 0.0401. The summed E-state index contributed by atoms with van der Waals surface area (Å²) in [6, 6.07) is 14.9. The fourth-order valence-corrected chi connectivity index (χ4v) is 3.06. The molecule has 0 radical (unpaired) electrons. The predicted molar refractivity (Wildman–Crippen MR) is 115 cm³/mol. The van der Waals surface area contributed by atoms with Crippen molar-refractivity contribution < 1.29 is 4.79 Å². The Bertz CT molecular complexity index is 1070. The highest BCUT2D eigenvalue weighted by Crippen LogP contribution is 2.29. The summed E-state index contributed by atoms with van der Waals surface area (Å²) in [7, 11) is 0. The molecule has 0 atom stereocenters. The lowest BCUT2D eigenvalue weighted by molar-refractivity contribution is 0.102. The van der Waals surface area contributed by atoms with E-state index in [1.807, 2.05) is 49.4 Å². The maximum absolute atomic E-state index is 12.7. The number of carbonyl (C=O) groups is 1. The number of benzene rings is 2. The van der Waals surface area contributed by atoms with E-state index in [2.05, 4.69) is 31.1 Å². The molecular formula is C23H25N3O2. The molecule has 0 saturated carbocycles. The van der Waals surface area contributed by atoms with E-state index in [9.17, 15) is 9.59 Å². The first kappa shape index (κ1) is 19.4. The Labute approximate surface area is 164 Å². The van der Waals surface area contributed by atoms with Crippen LogP contribution in [0.15, 0.2) is 59.5 Å². The van der Waals surface area contributed by atoms with Gasteiger partial charge in [-0.1, -0.05) is 45.0 Å². The third kappa shape index (κ3) is 3.98. The van der Waals surface area contributed by atoms with Crippen LogP contribution >= 0.6 is 0 Å². The van der Waals surface area contributed by atoms with Crippen LogP contribution in [0.25, 0.3) is 11.1 Å². The number of nitrogens with one attached hydrogen (secondary N) is 2. The first-order chi connectivity index (χ1) is 13.2. The van der Waals surface area contributed by atoms with E-state index in [0.29, 0.717) is 11.3 Å². The Balaban J connectivity index is 1.87. The van der Waals surface area contributed by atoms with Gasteiger partial charge in [-0.05, 0) is 53.3 Å². The van der Waals surface area contributed by atoms with Crippen LogP contribution in [0, 0.1) is 6.92 Å². The molecule has 1 amide bonds. The lowest BCUT2D eigenvalue weighted by Crippen LogP contribution is -2.15. The molecule has 1 heterocycles. The largest absolute Gasteiger partial charge is 0.394 e. The van der Waals surface area contributed by atoms with E-state index in [4.69, 9.17) is 5.73 Å². The van der Waals surface area contributed by atoms with Crippen LogP contribution in [0.1, 0.15) is 42.3 Å². The average molecular weight is 375 g/mol. The highest BCUT2D eigenvalue weighted by molar-refractivity contribution is 6.05. The van der Waals surface area contributed by atoms with Gasteiger partial charge in [-0.15, -0.1) is 0 Å². The zero-order valence-electron chi connectivity index (χ0n) is 16.6. The number of H-pyrrole nitrogens is 1. The van der Waals surface area contributed by atoms with Crippen molar-refractivity contribution in [3.8, 4) is 11.1 Å². The SMILES string of the molecule is Cc1c(NC(=O)c2ccc(C(C)(C)C)cc2)cccc1-c1c[nH]c(=O)c(N)c1. The fraction of sp³-hybridized carbons (Fsp3) is 0.217. The van der Waals surface area contributed by atoms with Gasteiger partial charge in [0.15, 0.2) is 0 Å². The number of amides is 1. The number of aromatic nitrogens is 1. The van der Waals surface area contributed by atoms with Crippen LogP contribution in [0.3, 0.4) is 0 Å². The summed E-state index contributed by atoms with van der Waals surface area (Å²) in [5.74, 6) is -0.165. The van der Waals surface area contributed by atoms with Gasteiger partial charge in [-0.3, -0.25) is 9.59 Å². The lowest BCUT2D eigenvalue weighted by Gasteiger charge is -2.19. The smallest absolute Gasteiger partial charge is 0.271 e. The minimum atomic E-state index is -0.315. The van der Waals surface area contributed by atoms with E-state index in [-0.39, 0.29) is 22.6 Å². The summed E-state index contributed by atoms with van der Waals surface area (Å²) in [4.78, 5) is 26.8. The number of carbonyl (C=O) groups excluding carboxylic acids is 1. The van der Waals surface area contributed by atoms with Gasteiger partial charge in [0.1, 0.15) is 0 Å². The van der Waals surface area contributed by atoms with Gasteiger partial charge in [-0.25, -0.2) is 0 Å². The van der Waals surface area contributed by atoms with Gasteiger partial charge in [-0.2, -0.15) is 0 Å². The Hall–Kier alpha value is -3.34. The molecule has 0 bridgehead atoms. The third-order valence-electron chi connectivity index (χ3n) is 4.84. The summed E-state index contributed by atoms with van der Waals surface area (Å²) < 4.78 is 0. The maximum atomic E-state index is 12.7. The molecule has 144 valence electrons. The van der Waals surface area contributed by atoms with Crippen molar-refractivity contribution in [3.63, 3.8) is 0 Å². The number of anilines is 2. The van der Waals surface area contributed by atoms with Gasteiger partial charge in [0, 0.05) is 23.0 Å². The molecule has 0 unspecified atom stereocenters. The molecule has 2 aromatic carbocycles. The standard InChI is InChI=1S/C23H25N3O2/c1-14-18(16-12-19(24)22(28)25-13-16)6-5-7-20(14)26-21(27)15-8-10-17(11-9-15)23(2,3)4/h5-13H,24H2,1-4H3,(H,25,28)(H,26,27). The van der Waals surface area contributed by atoms with Gasteiger partial charge in [0.25, 0.3) is 11.5 Å². The number of hydrogen-bond donors (Lipinski definition) is 3. The molecule has 0 aliphatic rings. The first-order valence-electron chi connectivity index (χ1n) is 9.17. The molecule has 28 heavy (non-hydrogen) atoms. The molecule has 5 heteroatoms. The highest BCUT2D eigenvalue weighted by Gasteiger charge is 2.15. The Morgan fingerprint density at radius 3 is 2.36 bits per heavy atom. The van der Waals surface area contributed by atoms with Crippen molar-refractivity contribution in [2.45, 2.75) is 33.1 Å². The number of rotatable bonds is 3. The van der Waals surface area contributed by atoms with Crippen molar-refractivity contribution in [1.82, 2.24) is 4.98 Å². The topological polar surface area (TPSA) is 88.0 Å². The second kappa shape index (κ2) is 7.35. The van der Waals surface area contributed by atoms with Crippen LogP contribution in [0.2, 0.25) is 0 Å². The van der Waals surface area contributed by atoms with E-state index < -0.39 is 0 Å². The molecule has 5 nitrogen and oxygen atoms in total. The molecule has 0 fully saturated rings. The molecule has 4 N–H and O–H groups in total. The number of aromatic amines is 1.